The first-order valence-electron chi connectivity index (χ1n) is 9.72. The number of aromatic nitrogens is 4. The molecule has 9 nitrogen and oxygen atoms in total. The van der Waals surface area contributed by atoms with Crippen LogP contribution in [-0.2, 0) is 6.54 Å². The first-order valence-corrected chi connectivity index (χ1v) is 9.72. The molecule has 3 aromatic heterocycles. The van der Waals surface area contributed by atoms with Crippen molar-refractivity contribution >= 4 is 5.91 Å². The molecule has 0 aromatic carbocycles. The van der Waals surface area contributed by atoms with Gasteiger partial charge in [-0.05, 0) is 34.7 Å². The highest BCUT2D eigenvalue weighted by atomic mass is 16.3. The Labute approximate surface area is 162 Å². The van der Waals surface area contributed by atoms with Crippen molar-refractivity contribution in [3.8, 4) is 0 Å². The predicted octanol–water partition coefficient (Wildman–Crippen LogP) is 0.790. The summed E-state index contributed by atoms with van der Waals surface area (Å²) in [5.74, 6) is 2.06. The molecule has 1 aliphatic heterocycles. The van der Waals surface area contributed by atoms with E-state index in [2.05, 4.69) is 22.4 Å². The van der Waals surface area contributed by atoms with Gasteiger partial charge in [0.15, 0.2) is 5.76 Å². The van der Waals surface area contributed by atoms with Crippen molar-refractivity contribution < 1.29 is 18.5 Å². The van der Waals surface area contributed by atoms with E-state index >= 15 is 0 Å². The van der Waals surface area contributed by atoms with E-state index < -0.39 is 0 Å². The number of carbonyl (C=O) groups is 1. The second kappa shape index (κ2) is 8.39. The molecule has 1 atom stereocenters. The van der Waals surface area contributed by atoms with Crippen molar-refractivity contribution in [2.24, 2.45) is 0 Å². The molecule has 1 saturated heterocycles. The normalized spacial score (nSPS) is 16.4. The van der Waals surface area contributed by atoms with Crippen molar-refractivity contribution in [3.63, 3.8) is 0 Å². The highest BCUT2D eigenvalue weighted by molar-refractivity contribution is 5.91. The van der Waals surface area contributed by atoms with Crippen LogP contribution in [0.15, 0.2) is 45.6 Å². The predicted molar refractivity (Wildman–Crippen MR) is 98.6 cm³/mol. The van der Waals surface area contributed by atoms with Crippen molar-refractivity contribution in [2.45, 2.75) is 32.4 Å². The molecule has 9 heteroatoms. The lowest BCUT2D eigenvalue weighted by atomic mass is 10.1. The number of hydrogen-bond donors (Lipinski definition) is 1. The van der Waals surface area contributed by atoms with E-state index in [1.165, 1.54) is 11.2 Å². The topological polar surface area (TPSA) is 94.6 Å². The van der Waals surface area contributed by atoms with Crippen LogP contribution in [0.2, 0.25) is 0 Å². The molecule has 0 aliphatic carbocycles. The summed E-state index contributed by atoms with van der Waals surface area (Å²) in [7, 11) is 0. The Morgan fingerprint density at radius 1 is 1.21 bits per heavy atom. The SMILES string of the molecule is CCC[C@@H](c1nnnn1Cc1ccco1)[NH+]1CCN(C(=O)c2ccco2)CC1. The Morgan fingerprint density at radius 3 is 2.68 bits per heavy atom. The summed E-state index contributed by atoms with van der Waals surface area (Å²) < 4.78 is 12.5. The van der Waals surface area contributed by atoms with Gasteiger partial charge < -0.3 is 18.6 Å². The van der Waals surface area contributed by atoms with Crippen LogP contribution < -0.4 is 4.90 Å². The number of hydrogen-bond acceptors (Lipinski definition) is 6. The number of nitrogens with zero attached hydrogens (tertiary/aromatic N) is 5. The first-order chi connectivity index (χ1) is 13.8. The molecule has 1 amide bonds. The van der Waals surface area contributed by atoms with Gasteiger partial charge in [-0.1, -0.05) is 13.3 Å². The van der Waals surface area contributed by atoms with Crippen LogP contribution in [0, 0.1) is 0 Å². The molecular formula is C19H25N6O3+. The van der Waals surface area contributed by atoms with E-state index in [-0.39, 0.29) is 11.9 Å². The van der Waals surface area contributed by atoms with Gasteiger partial charge in [-0.2, -0.15) is 0 Å². The molecule has 0 spiro atoms. The van der Waals surface area contributed by atoms with Gasteiger partial charge in [-0.25, -0.2) is 4.68 Å². The Hall–Kier alpha value is -2.94. The molecule has 4 heterocycles. The molecular weight excluding hydrogens is 360 g/mol. The maximum absolute atomic E-state index is 12.5. The Morgan fingerprint density at radius 2 is 2.00 bits per heavy atom. The average molecular weight is 385 g/mol. The van der Waals surface area contributed by atoms with Gasteiger partial charge in [0, 0.05) is 6.42 Å². The maximum atomic E-state index is 12.5. The number of tetrazole rings is 1. The van der Waals surface area contributed by atoms with Gasteiger partial charge in [-0.3, -0.25) is 4.79 Å². The number of quaternary nitrogens is 1. The van der Waals surface area contributed by atoms with Crippen LogP contribution in [0.4, 0.5) is 0 Å². The van der Waals surface area contributed by atoms with E-state index in [0.29, 0.717) is 25.4 Å². The number of nitrogens with one attached hydrogen (secondary N) is 1. The Balaban J connectivity index is 1.45. The molecule has 0 saturated carbocycles. The zero-order chi connectivity index (χ0) is 19.3. The minimum absolute atomic E-state index is 0.0428. The van der Waals surface area contributed by atoms with E-state index in [4.69, 9.17) is 8.83 Å². The summed E-state index contributed by atoms with van der Waals surface area (Å²) >= 11 is 0. The summed E-state index contributed by atoms with van der Waals surface area (Å²) in [6.07, 6.45) is 5.21. The third-order valence-electron chi connectivity index (χ3n) is 5.25. The largest absolute Gasteiger partial charge is 0.467 e. The van der Waals surface area contributed by atoms with Gasteiger partial charge >= 0.3 is 0 Å². The molecule has 1 N–H and O–H groups in total. The summed E-state index contributed by atoms with van der Waals surface area (Å²) in [5, 5.41) is 12.4. The number of rotatable bonds is 7. The monoisotopic (exact) mass is 385 g/mol. The van der Waals surface area contributed by atoms with Crippen LogP contribution in [0.3, 0.4) is 0 Å². The molecule has 28 heavy (non-hydrogen) atoms. The summed E-state index contributed by atoms with van der Waals surface area (Å²) in [6, 6.07) is 7.43. The molecule has 4 rings (SSSR count). The van der Waals surface area contributed by atoms with Crippen LogP contribution in [-0.4, -0.2) is 57.2 Å². The van der Waals surface area contributed by atoms with E-state index in [0.717, 1.165) is 37.5 Å². The molecule has 0 unspecified atom stereocenters. The smallest absolute Gasteiger partial charge is 0.289 e. The molecule has 0 bridgehead atoms. The molecule has 1 fully saturated rings. The third kappa shape index (κ3) is 3.84. The van der Waals surface area contributed by atoms with E-state index in [1.54, 1.807) is 18.4 Å². The first kappa shape index (κ1) is 18.4. The minimum Gasteiger partial charge on any atom is -0.467 e. The highest BCUT2D eigenvalue weighted by Gasteiger charge is 2.34. The number of piperazine rings is 1. The van der Waals surface area contributed by atoms with Gasteiger partial charge in [0.05, 0.1) is 38.7 Å². The van der Waals surface area contributed by atoms with Crippen LogP contribution in [0.1, 0.15) is 47.9 Å². The van der Waals surface area contributed by atoms with Gasteiger partial charge in [0.2, 0.25) is 5.82 Å². The second-order valence-corrected chi connectivity index (χ2v) is 7.04. The lowest BCUT2D eigenvalue weighted by Gasteiger charge is -2.35. The van der Waals surface area contributed by atoms with Gasteiger partial charge in [-0.15, -0.1) is 5.10 Å². The fourth-order valence-corrected chi connectivity index (χ4v) is 3.83. The van der Waals surface area contributed by atoms with Gasteiger partial charge in [0.25, 0.3) is 5.91 Å². The fourth-order valence-electron chi connectivity index (χ4n) is 3.83. The van der Waals surface area contributed by atoms with Crippen molar-refractivity contribution in [1.29, 1.82) is 0 Å². The van der Waals surface area contributed by atoms with Crippen molar-refractivity contribution in [3.05, 3.63) is 54.1 Å². The quantitative estimate of drug-likeness (QED) is 0.646. The van der Waals surface area contributed by atoms with E-state index in [1.807, 2.05) is 21.7 Å². The molecule has 3 aromatic rings. The van der Waals surface area contributed by atoms with Gasteiger partial charge in [0.1, 0.15) is 18.3 Å². The third-order valence-corrected chi connectivity index (χ3v) is 5.25. The molecule has 148 valence electrons. The van der Waals surface area contributed by atoms with Crippen molar-refractivity contribution in [1.82, 2.24) is 25.1 Å². The number of furan rings is 2. The number of amides is 1. The van der Waals surface area contributed by atoms with Crippen LogP contribution in [0.5, 0.6) is 0 Å². The zero-order valence-electron chi connectivity index (χ0n) is 16.0. The summed E-state index contributed by atoms with van der Waals surface area (Å²) in [4.78, 5) is 15.8. The Kier molecular flexibility index (Phi) is 5.52. The lowest BCUT2D eigenvalue weighted by Crippen LogP contribution is -3.15. The van der Waals surface area contributed by atoms with Crippen LogP contribution in [0.25, 0.3) is 0 Å². The Bertz CT molecular complexity index is 866. The second-order valence-electron chi connectivity index (χ2n) is 7.04. The molecule has 0 radical (unpaired) electrons. The van der Waals surface area contributed by atoms with Crippen molar-refractivity contribution in [2.75, 3.05) is 26.2 Å². The number of carbonyl (C=O) groups excluding carboxylic acids is 1. The highest BCUT2D eigenvalue weighted by Crippen LogP contribution is 2.15. The van der Waals surface area contributed by atoms with E-state index in [9.17, 15) is 4.79 Å². The lowest BCUT2D eigenvalue weighted by molar-refractivity contribution is -0.936. The summed E-state index contributed by atoms with van der Waals surface area (Å²) in [5.41, 5.74) is 0. The standard InChI is InChI=1S/C19H24N6O3/c1-2-5-16(18-20-21-22-25(18)14-15-6-3-12-27-15)23-8-10-24(11-9-23)19(26)17-7-4-13-28-17/h3-4,6-7,12-13,16H,2,5,8-11,14H2,1H3/p+1/t16-/m0/s1. The maximum Gasteiger partial charge on any atom is 0.289 e. The van der Waals surface area contributed by atoms with Crippen LogP contribution >= 0.6 is 0 Å². The average Bonchev–Trinajstić information content (AvgIpc) is 3.49. The summed E-state index contributed by atoms with van der Waals surface area (Å²) in [6.45, 7) is 5.77. The molecule has 1 aliphatic rings. The fraction of sp³-hybridized carbons (Fsp3) is 0.474. The zero-order valence-corrected chi connectivity index (χ0v) is 16.0. The minimum atomic E-state index is -0.0428.